The third-order valence-corrected chi connectivity index (χ3v) is 5.19. The Morgan fingerprint density at radius 3 is 2.45 bits per heavy atom. The van der Waals surface area contributed by atoms with Gasteiger partial charge in [0.25, 0.3) is 0 Å². The minimum atomic E-state index is -4.83. The number of alkyl halides is 3. The number of pyridine rings is 1. The van der Waals surface area contributed by atoms with Crippen molar-refractivity contribution in [2.45, 2.75) is 38.5 Å². The molecule has 2 amide bonds. The van der Waals surface area contributed by atoms with Crippen molar-refractivity contribution in [2.24, 2.45) is 11.1 Å². The number of hydrogen-bond donors (Lipinski definition) is 1. The topological polar surface area (TPSA) is 68.5 Å². The zero-order valence-electron chi connectivity index (χ0n) is 16.0. The highest BCUT2D eigenvalue weighted by Gasteiger charge is 2.50. The van der Waals surface area contributed by atoms with Gasteiger partial charge in [-0.15, -0.1) is 13.2 Å². The first-order valence-electron chi connectivity index (χ1n) is 8.94. The molecule has 0 spiro atoms. The van der Waals surface area contributed by atoms with Crippen LogP contribution < -0.4 is 15.4 Å². The molecule has 5 nitrogen and oxygen atoms in total. The van der Waals surface area contributed by atoms with E-state index in [1.165, 1.54) is 23.1 Å². The van der Waals surface area contributed by atoms with E-state index >= 15 is 0 Å². The van der Waals surface area contributed by atoms with Gasteiger partial charge >= 0.3 is 12.4 Å². The molecule has 2 N–H and O–H groups in total. The number of rotatable bonds is 5. The summed E-state index contributed by atoms with van der Waals surface area (Å²) >= 11 is 0. The number of primary amides is 1. The third kappa shape index (κ3) is 4.78. The predicted octanol–water partition coefficient (Wildman–Crippen LogP) is 4.76. The Morgan fingerprint density at radius 1 is 1.24 bits per heavy atom. The van der Waals surface area contributed by atoms with E-state index in [4.69, 9.17) is 5.73 Å². The second-order valence-electron chi connectivity index (χ2n) is 8.06. The molecular formula is C20H21F4N3O2. The van der Waals surface area contributed by atoms with E-state index in [9.17, 15) is 22.4 Å². The van der Waals surface area contributed by atoms with Crippen molar-refractivity contribution >= 4 is 11.8 Å². The first kappa shape index (κ1) is 20.9. The summed E-state index contributed by atoms with van der Waals surface area (Å²) in [5.74, 6) is -0.659. The Balaban J connectivity index is 1.72. The zero-order chi connectivity index (χ0) is 21.4. The van der Waals surface area contributed by atoms with Crippen LogP contribution in [-0.2, 0) is 5.41 Å². The SMILES string of the molecule is C[C@]1(CN(C(N)=O)c2ccc(OC(F)(F)F)cn2)C[C@@](C)(c2cccc(F)c2)C1. The molecule has 1 fully saturated rings. The smallest absolute Gasteiger partial charge is 0.404 e. The molecule has 0 radical (unpaired) electrons. The summed E-state index contributed by atoms with van der Waals surface area (Å²) in [5, 5.41) is 0. The van der Waals surface area contributed by atoms with Gasteiger partial charge in [-0.05, 0) is 53.5 Å². The lowest BCUT2D eigenvalue weighted by Gasteiger charge is -2.54. The highest BCUT2D eigenvalue weighted by atomic mass is 19.4. The zero-order valence-corrected chi connectivity index (χ0v) is 16.0. The quantitative estimate of drug-likeness (QED) is 0.721. The number of urea groups is 1. The van der Waals surface area contributed by atoms with Crippen molar-refractivity contribution in [3.05, 3.63) is 54.0 Å². The molecule has 2 aromatic rings. The van der Waals surface area contributed by atoms with Crippen LogP contribution in [0.1, 0.15) is 32.3 Å². The van der Waals surface area contributed by atoms with Gasteiger partial charge in [-0.2, -0.15) is 0 Å². The monoisotopic (exact) mass is 411 g/mol. The lowest BCUT2D eigenvalue weighted by molar-refractivity contribution is -0.274. The van der Waals surface area contributed by atoms with Crippen molar-refractivity contribution in [3.63, 3.8) is 0 Å². The normalized spacial score (nSPS) is 23.9. The number of nitrogens with two attached hydrogens (primary N) is 1. The van der Waals surface area contributed by atoms with Gasteiger partial charge in [0.05, 0.1) is 6.20 Å². The Kier molecular flexibility index (Phi) is 5.19. The number of aromatic nitrogens is 1. The molecule has 156 valence electrons. The van der Waals surface area contributed by atoms with Crippen molar-refractivity contribution in [3.8, 4) is 5.75 Å². The van der Waals surface area contributed by atoms with Gasteiger partial charge < -0.3 is 10.5 Å². The molecule has 0 atom stereocenters. The Labute approximate surface area is 165 Å². The van der Waals surface area contributed by atoms with Gasteiger partial charge in [0.15, 0.2) is 0 Å². The molecule has 0 saturated heterocycles. The molecule has 1 heterocycles. The number of halogens is 4. The number of carbonyl (C=O) groups is 1. The molecule has 1 aromatic heterocycles. The van der Waals surface area contributed by atoms with E-state index in [2.05, 4.69) is 9.72 Å². The lowest BCUT2D eigenvalue weighted by atomic mass is 9.52. The average Bonchev–Trinajstić information content (AvgIpc) is 2.58. The fourth-order valence-electron chi connectivity index (χ4n) is 4.39. The molecular weight excluding hydrogens is 390 g/mol. The van der Waals surface area contributed by atoms with Crippen LogP contribution in [0.25, 0.3) is 0 Å². The van der Waals surface area contributed by atoms with E-state index in [0.717, 1.165) is 17.8 Å². The Bertz CT molecular complexity index is 893. The van der Waals surface area contributed by atoms with Gasteiger partial charge in [0.1, 0.15) is 17.4 Å². The fourth-order valence-corrected chi connectivity index (χ4v) is 4.39. The number of carbonyl (C=O) groups excluding carboxylic acids is 1. The van der Waals surface area contributed by atoms with Crippen LogP contribution in [0, 0.1) is 11.2 Å². The number of hydrogen-bond acceptors (Lipinski definition) is 3. The summed E-state index contributed by atoms with van der Waals surface area (Å²) in [5.41, 5.74) is 5.82. The highest BCUT2D eigenvalue weighted by molar-refractivity contribution is 5.89. The Morgan fingerprint density at radius 2 is 1.93 bits per heavy atom. The van der Waals surface area contributed by atoms with Gasteiger partial charge in [-0.1, -0.05) is 26.0 Å². The van der Waals surface area contributed by atoms with Crippen molar-refractivity contribution in [1.29, 1.82) is 0 Å². The van der Waals surface area contributed by atoms with E-state index in [-0.39, 0.29) is 29.0 Å². The summed E-state index contributed by atoms with van der Waals surface area (Å²) in [6, 6.07) is 7.99. The fraction of sp³-hybridized carbons (Fsp3) is 0.400. The number of amides is 2. The van der Waals surface area contributed by atoms with Gasteiger partial charge in [-0.3, -0.25) is 4.90 Å². The minimum absolute atomic E-state index is 0.132. The van der Waals surface area contributed by atoms with Crippen molar-refractivity contribution in [2.75, 3.05) is 11.4 Å². The molecule has 0 bridgehead atoms. The Hall–Kier alpha value is -2.84. The number of benzene rings is 1. The summed E-state index contributed by atoms with van der Waals surface area (Å²) in [6.07, 6.45) is -2.57. The minimum Gasteiger partial charge on any atom is -0.404 e. The molecule has 0 unspecified atom stereocenters. The highest BCUT2D eigenvalue weighted by Crippen LogP contribution is 2.55. The van der Waals surface area contributed by atoms with Crippen LogP contribution >= 0.6 is 0 Å². The van der Waals surface area contributed by atoms with E-state index in [0.29, 0.717) is 12.8 Å². The molecule has 1 saturated carbocycles. The number of nitrogens with zero attached hydrogens (tertiary/aromatic N) is 2. The maximum atomic E-state index is 13.6. The van der Waals surface area contributed by atoms with E-state index in [1.54, 1.807) is 6.07 Å². The number of anilines is 1. The first-order valence-corrected chi connectivity index (χ1v) is 8.94. The van der Waals surface area contributed by atoms with Crippen molar-refractivity contribution in [1.82, 2.24) is 4.98 Å². The van der Waals surface area contributed by atoms with Gasteiger partial charge in [0, 0.05) is 6.54 Å². The van der Waals surface area contributed by atoms with Crippen LogP contribution in [0.2, 0.25) is 0 Å². The molecule has 1 aliphatic rings. The van der Waals surface area contributed by atoms with Crippen LogP contribution in [0.3, 0.4) is 0 Å². The largest absolute Gasteiger partial charge is 0.573 e. The third-order valence-electron chi connectivity index (χ3n) is 5.19. The summed E-state index contributed by atoms with van der Waals surface area (Å²) < 4.78 is 54.2. The second-order valence-corrected chi connectivity index (χ2v) is 8.06. The van der Waals surface area contributed by atoms with Crippen LogP contribution in [0.5, 0.6) is 5.75 Å². The molecule has 0 aliphatic heterocycles. The van der Waals surface area contributed by atoms with Gasteiger partial charge in [0.2, 0.25) is 0 Å². The van der Waals surface area contributed by atoms with Crippen LogP contribution in [-0.4, -0.2) is 23.9 Å². The summed E-state index contributed by atoms with van der Waals surface area (Å²) in [6.45, 7) is 4.24. The van der Waals surface area contributed by atoms with Crippen molar-refractivity contribution < 1.29 is 27.1 Å². The standard InChI is InChI=1S/C20H21F4N3O2/c1-18(10-19(2,11-18)13-4-3-5-14(21)8-13)12-27(17(25)28)16-7-6-15(9-26-16)29-20(22,23)24/h3-9H,10-12H2,1-2H3,(H2,25,28)/t18-,19+. The molecule has 3 rings (SSSR count). The molecule has 1 aromatic carbocycles. The van der Waals surface area contributed by atoms with Gasteiger partial charge in [-0.25, -0.2) is 14.2 Å². The maximum Gasteiger partial charge on any atom is 0.573 e. The predicted molar refractivity (Wildman–Crippen MR) is 98.9 cm³/mol. The lowest BCUT2D eigenvalue weighted by Crippen LogP contribution is -2.54. The van der Waals surface area contributed by atoms with Crippen LogP contribution in [0.15, 0.2) is 42.6 Å². The van der Waals surface area contributed by atoms with E-state index in [1.807, 2.05) is 19.9 Å². The van der Waals surface area contributed by atoms with Crippen LogP contribution in [0.4, 0.5) is 28.2 Å². The average molecular weight is 411 g/mol. The maximum absolute atomic E-state index is 13.6. The summed E-state index contributed by atoms with van der Waals surface area (Å²) in [4.78, 5) is 17.1. The molecule has 1 aliphatic carbocycles. The second kappa shape index (κ2) is 7.20. The van der Waals surface area contributed by atoms with E-state index < -0.39 is 18.1 Å². The number of ether oxygens (including phenoxy) is 1. The first-order chi connectivity index (χ1) is 13.4. The summed E-state index contributed by atoms with van der Waals surface area (Å²) in [7, 11) is 0. The molecule has 29 heavy (non-hydrogen) atoms. The molecule has 9 heteroatoms.